The summed E-state index contributed by atoms with van der Waals surface area (Å²) in [6.45, 7) is 4.95. The Bertz CT molecular complexity index is 822. The van der Waals surface area contributed by atoms with Gasteiger partial charge >= 0.3 is 5.97 Å². The largest absolute Gasteiger partial charge is 0.449 e. The van der Waals surface area contributed by atoms with Crippen LogP contribution in [0.4, 0.5) is 0 Å². The van der Waals surface area contributed by atoms with Crippen LogP contribution in [0.15, 0.2) is 17.0 Å². The van der Waals surface area contributed by atoms with Crippen molar-refractivity contribution in [2.24, 2.45) is 0 Å². The van der Waals surface area contributed by atoms with Crippen molar-refractivity contribution in [1.82, 2.24) is 10.0 Å². The number of sulfonamides is 1. The molecule has 2 N–H and O–H groups in total. The zero-order valence-corrected chi connectivity index (χ0v) is 16.8. The normalized spacial score (nSPS) is 15.6. The van der Waals surface area contributed by atoms with E-state index in [4.69, 9.17) is 27.9 Å². The molecule has 1 aliphatic carbocycles. The maximum Gasteiger partial charge on any atom is 0.340 e. The average molecular weight is 423 g/mol. The molecular weight excluding hydrogens is 403 g/mol. The molecule has 7 nitrogen and oxygen atoms in total. The molecule has 0 aliphatic heterocycles. The minimum Gasteiger partial charge on any atom is -0.449 e. The van der Waals surface area contributed by atoms with Gasteiger partial charge in [-0.15, -0.1) is 0 Å². The molecule has 1 unspecified atom stereocenters. The Morgan fingerprint density at radius 3 is 2.31 bits per heavy atom. The molecule has 0 heterocycles. The fraction of sp³-hybridized carbons (Fsp3) is 0.500. The standard InChI is InChI=1S/C16H20Cl2N2O5S/c1-8(2)19-15(21)9(3)25-16(22)11-6-14(13(18)7-12(11)17)26(23,24)20-10-4-5-10/h6-10,20H,4-5H2,1-3H3,(H,19,21). The molecule has 1 aromatic carbocycles. The number of hydrogen-bond acceptors (Lipinski definition) is 5. The van der Waals surface area contributed by atoms with E-state index in [1.54, 1.807) is 13.8 Å². The van der Waals surface area contributed by atoms with Crippen LogP contribution in [-0.4, -0.2) is 38.5 Å². The van der Waals surface area contributed by atoms with Crippen molar-refractivity contribution in [2.45, 2.75) is 56.7 Å². The molecular formula is C16H20Cl2N2O5S. The second-order valence-electron chi connectivity index (χ2n) is 6.37. The first-order valence-electron chi connectivity index (χ1n) is 8.04. The van der Waals surface area contributed by atoms with Crippen LogP contribution in [0.3, 0.4) is 0 Å². The first kappa shape index (κ1) is 21.0. The van der Waals surface area contributed by atoms with Crippen LogP contribution in [0.25, 0.3) is 0 Å². The van der Waals surface area contributed by atoms with E-state index in [2.05, 4.69) is 10.0 Å². The molecule has 0 saturated heterocycles. The van der Waals surface area contributed by atoms with E-state index in [-0.39, 0.29) is 32.6 Å². The Hall–Kier alpha value is -1.35. The maximum atomic E-state index is 12.4. The third-order valence-electron chi connectivity index (χ3n) is 3.51. The molecule has 26 heavy (non-hydrogen) atoms. The Morgan fingerprint density at radius 1 is 1.15 bits per heavy atom. The van der Waals surface area contributed by atoms with Crippen LogP contribution >= 0.6 is 23.2 Å². The summed E-state index contributed by atoms with van der Waals surface area (Å²) in [5.74, 6) is -1.39. The second kappa shape index (κ2) is 8.12. The van der Waals surface area contributed by atoms with E-state index >= 15 is 0 Å². The molecule has 0 spiro atoms. The van der Waals surface area contributed by atoms with E-state index in [0.29, 0.717) is 0 Å². The first-order valence-corrected chi connectivity index (χ1v) is 10.3. The van der Waals surface area contributed by atoms with Crippen molar-refractivity contribution in [1.29, 1.82) is 0 Å². The van der Waals surface area contributed by atoms with Crippen molar-refractivity contribution in [3.63, 3.8) is 0 Å². The number of halogens is 2. The number of hydrogen-bond donors (Lipinski definition) is 2. The van der Waals surface area contributed by atoms with E-state index < -0.39 is 28.0 Å². The highest BCUT2D eigenvalue weighted by molar-refractivity contribution is 7.89. The smallest absolute Gasteiger partial charge is 0.340 e. The molecule has 10 heteroatoms. The van der Waals surface area contributed by atoms with Gasteiger partial charge in [0.2, 0.25) is 10.0 Å². The SMILES string of the molecule is CC(C)NC(=O)C(C)OC(=O)c1cc(S(=O)(=O)NC2CC2)c(Cl)cc1Cl. The molecule has 0 radical (unpaired) electrons. The van der Waals surface area contributed by atoms with Crippen molar-refractivity contribution < 1.29 is 22.7 Å². The number of nitrogens with one attached hydrogen (secondary N) is 2. The minimum absolute atomic E-state index is 0.0677. The summed E-state index contributed by atoms with van der Waals surface area (Å²) in [4.78, 5) is 23.9. The summed E-state index contributed by atoms with van der Waals surface area (Å²) in [6.07, 6.45) is 0.435. The van der Waals surface area contributed by atoms with Crippen LogP contribution < -0.4 is 10.0 Å². The highest BCUT2D eigenvalue weighted by Crippen LogP contribution is 2.31. The van der Waals surface area contributed by atoms with E-state index in [9.17, 15) is 18.0 Å². The number of rotatable bonds is 7. The average Bonchev–Trinajstić information content (AvgIpc) is 3.29. The number of benzene rings is 1. The monoisotopic (exact) mass is 422 g/mol. The fourth-order valence-electron chi connectivity index (χ4n) is 2.05. The summed E-state index contributed by atoms with van der Waals surface area (Å²) in [7, 11) is -3.89. The summed E-state index contributed by atoms with van der Waals surface area (Å²) in [5.41, 5.74) is -0.184. The molecule has 0 aromatic heterocycles. The van der Waals surface area contributed by atoms with Crippen molar-refractivity contribution in [3.05, 3.63) is 27.7 Å². The van der Waals surface area contributed by atoms with Gasteiger partial charge in [0.15, 0.2) is 6.10 Å². The Labute approximate surface area is 162 Å². The van der Waals surface area contributed by atoms with Gasteiger partial charge in [0, 0.05) is 12.1 Å². The van der Waals surface area contributed by atoms with Gasteiger partial charge in [0.05, 0.1) is 15.6 Å². The predicted octanol–water partition coefficient (Wildman–Crippen LogP) is 2.50. The number of carbonyl (C=O) groups excluding carboxylic acids is 2. The number of esters is 1. The quantitative estimate of drug-likeness (QED) is 0.657. The van der Waals surface area contributed by atoms with Gasteiger partial charge in [0.1, 0.15) is 4.90 Å². The Balaban J connectivity index is 2.24. The summed E-state index contributed by atoms with van der Waals surface area (Å²) in [6, 6.07) is 1.99. The lowest BCUT2D eigenvalue weighted by Gasteiger charge is -2.16. The third kappa shape index (κ3) is 5.33. The molecule has 1 amide bonds. The maximum absolute atomic E-state index is 12.4. The van der Waals surface area contributed by atoms with Gasteiger partial charge in [-0.05, 0) is 45.7 Å². The van der Waals surface area contributed by atoms with E-state index in [1.807, 2.05) is 0 Å². The van der Waals surface area contributed by atoms with Crippen LogP contribution in [0.2, 0.25) is 10.0 Å². The second-order valence-corrected chi connectivity index (χ2v) is 8.87. The van der Waals surface area contributed by atoms with E-state index in [0.717, 1.165) is 18.9 Å². The van der Waals surface area contributed by atoms with Crippen molar-refractivity contribution >= 4 is 45.1 Å². The van der Waals surface area contributed by atoms with Crippen molar-refractivity contribution in [2.75, 3.05) is 0 Å². The van der Waals surface area contributed by atoms with Gasteiger partial charge < -0.3 is 10.1 Å². The van der Waals surface area contributed by atoms with Gasteiger partial charge in [-0.25, -0.2) is 17.9 Å². The molecule has 1 saturated carbocycles. The Morgan fingerprint density at radius 2 is 1.77 bits per heavy atom. The highest BCUT2D eigenvalue weighted by atomic mass is 35.5. The van der Waals surface area contributed by atoms with Crippen LogP contribution in [-0.2, 0) is 19.6 Å². The number of ether oxygens (including phenoxy) is 1. The fourth-order valence-corrected chi connectivity index (χ4v) is 4.21. The molecule has 2 rings (SSSR count). The van der Waals surface area contributed by atoms with Gasteiger partial charge in [-0.3, -0.25) is 4.79 Å². The van der Waals surface area contributed by atoms with Crippen LogP contribution in [0.1, 0.15) is 44.0 Å². The number of carbonyl (C=O) groups is 2. The third-order valence-corrected chi connectivity index (χ3v) is 5.81. The predicted molar refractivity (Wildman–Crippen MR) is 98.0 cm³/mol. The molecule has 144 valence electrons. The first-order chi connectivity index (χ1) is 12.0. The van der Waals surface area contributed by atoms with Crippen LogP contribution in [0, 0.1) is 0 Å². The number of amides is 1. The topological polar surface area (TPSA) is 102 Å². The van der Waals surface area contributed by atoms with Gasteiger partial charge in [-0.2, -0.15) is 0 Å². The summed E-state index contributed by atoms with van der Waals surface area (Å²) in [5, 5.41) is 2.44. The molecule has 1 fully saturated rings. The van der Waals surface area contributed by atoms with E-state index in [1.165, 1.54) is 13.0 Å². The van der Waals surface area contributed by atoms with Crippen molar-refractivity contribution in [3.8, 4) is 0 Å². The van der Waals surface area contributed by atoms with Gasteiger partial charge in [0.25, 0.3) is 5.91 Å². The Kier molecular flexibility index (Phi) is 6.55. The molecule has 1 aliphatic rings. The lowest BCUT2D eigenvalue weighted by molar-refractivity contribution is -0.129. The summed E-state index contributed by atoms with van der Waals surface area (Å²) >= 11 is 12.0. The lowest BCUT2D eigenvalue weighted by Crippen LogP contribution is -2.39. The molecule has 1 atom stereocenters. The minimum atomic E-state index is -3.89. The lowest BCUT2D eigenvalue weighted by atomic mass is 10.2. The highest BCUT2D eigenvalue weighted by Gasteiger charge is 2.31. The zero-order chi connectivity index (χ0) is 19.6. The van der Waals surface area contributed by atoms with Crippen LogP contribution in [0.5, 0.6) is 0 Å². The molecule has 0 bridgehead atoms. The van der Waals surface area contributed by atoms with Gasteiger partial charge in [-0.1, -0.05) is 23.2 Å². The summed E-state index contributed by atoms with van der Waals surface area (Å²) < 4.78 is 32.3. The zero-order valence-electron chi connectivity index (χ0n) is 14.5. The molecule has 1 aromatic rings.